The molecule has 2 aromatic rings. The second-order valence-corrected chi connectivity index (χ2v) is 8.19. The normalized spacial score (nSPS) is 13.2. The van der Waals surface area contributed by atoms with Gasteiger partial charge in [-0.25, -0.2) is 4.79 Å². The number of unbranched alkanes of at least 4 members (excludes halogenated alkanes) is 3. The summed E-state index contributed by atoms with van der Waals surface area (Å²) in [5, 5.41) is 19.9. The van der Waals surface area contributed by atoms with Gasteiger partial charge in [0.05, 0.1) is 17.1 Å². The maximum absolute atomic E-state index is 13.2. The molecule has 2 aromatic carbocycles. The van der Waals surface area contributed by atoms with Crippen LogP contribution in [0, 0.1) is 0 Å². The second kappa shape index (κ2) is 12.6. The predicted molar refractivity (Wildman–Crippen MR) is 121 cm³/mol. The Bertz CT molecular complexity index is 966. The highest BCUT2D eigenvalue weighted by Crippen LogP contribution is 2.38. The van der Waals surface area contributed by atoms with Crippen molar-refractivity contribution in [2.45, 2.75) is 57.4 Å². The zero-order valence-corrected chi connectivity index (χ0v) is 19.3. The number of hydrogen-bond acceptors (Lipinski definition) is 4. The number of amides is 1. The fourth-order valence-electron chi connectivity index (χ4n) is 3.24. The van der Waals surface area contributed by atoms with Crippen LogP contribution in [-0.2, 0) is 11.0 Å². The number of aliphatic hydroxyl groups is 1. The van der Waals surface area contributed by atoms with Gasteiger partial charge in [0.25, 0.3) is 5.91 Å². The van der Waals surface area contributed by atoms with Crippen LogP contribution in [-0.4, -0.2) is 34.7 Å². The van der Waals surface area contributed by atoms with Gasteiger partial charge in [-0.15, -0.1) is 0 Å². The predicted octanol–water partition coefficient (Wildman–Crippen LogP) is 5.62. The van der Waals surface area contributed by atoms with Crippen LogP contribution in [0.3, 0.4) is 0 Å². The van der Waals surface area contributed by atoms with Crippen LogP contribution in [0.2, 0.25) is 5.02 Å². The van der Waals surface area contributed by atoms with Crippen molar-refractivity contribution in [1.29, 1.82) is 0 Å². The summed E-state index contributed by atoms with van der Waals surface area (Å²) < 4.78 is 45.6. The van der Waals surface area contributed by atoms with E-state index in [1.165, 1.54) is 18.2 Å². The fourth-order valence-corrected chi connectivity index (χ4v) is 3.46. The molecule has 0 aliphatic rings. The molecule has 0 bridgehead atoms. The molecule has 34 heavy (non-hydrogen) atoms. The molecule has 2 unspecified atom stereocenters. The molecule has 0 spiro atoms. The summed E-state index contributed by atoms with van der Waals surface area (Å²) in [6.45, 7) is 1.62. The summed E-state index contributed by atoms with van der Waals surface area (Å²) in [4.78, 5) is 22.8. The molecule has 0 heterocycles. The third kappa shape index (κ3) is 8.22. The molecule has 0 aliphatic carbocycles. The third-order valence-corrected chi connectivity index (χ3v) is 5.46. The Hall–Kier alpha value is -2.78. The number of aliphatic hydroxyl groups excluding tert-OH is 1. The van der Waals surface area contributed by atoms with Crippen LogP contribution in [0.5, 0.6) is 5.75 Å². The minimum atomic E-state index is -4.61. The van der Waals surface area contributed by atoms with Crippen molar-refractivity contribution in [1.82, 2.24) is 5.32 Å². The van der Waals surface area contributed by atoms with Gasteiger partial charge in [-0.1, -0.05) is 49.9 Å². The number of carboxylic acid groups (broad SMARTS) is 1. The molecular weight excluding hydrogens is 475 g/mol. The monoisotopic (exact) mass is 501 g/mol. The molecule has 10 heteroatoms. The van der Waals surface area contributed by atoms with Gasteiger partial charge < -0.3 is 20.3 Å². The molecule has 0 saturated carbocycles. The van der Waals surface area contributed by atoms with Gasteiger partial charge in [0.1, 0.15) is 11.9 Å². The first-order chi connectivity index (χ1) is 16.0. The molecule has 0 fully saturated rings. The first kappa shape index (κ1) is 27.5. The van der Waals surface area contributed by atoms with Crippen LogP contribution < -0.4 is 10.1 Å². The van der Waals surface area contributed by atoms with Crippen LogP contribution in [0.4, 0.5) is 13.2 Å². The number of carbonyl (C=O) groups excluding carboxylic acids is 1. The zero-order valence-electron chi connectivity index (χ0n) is 18.6. The molecule has 2 atom stereocenters. The van der Waals surface area contributed by atoms with Crippen molar-refractivity contribution in [2.75, 3.05) is 6.54 Å². The van der Waals surface area contributed by atoms with E-state index in [2.05, 4.69) is 12.2 Å². The molecule has 0 aliphatic heterocycles. The number of hydrogen-bond donors (Lipinski definition) is 3. The highest BCUT2D eigenvalue weighted by Gasteiger charge is 2.33. The van der Waals surface area contributed by atoms with E-state index in [9.17, 15) is 27.9 Å². The van der Waals surface area contributed by atoms with Gasteiger partial charge in [0.15, 0.2) is 6.10 Å². The number of ether oxygens (including phenoxy) is 1. The molecule has 0 aromatic heterocycles. The number of nitrogens with one attached hydrogen (secondary N) is 1. The summed E-state index contributed by atoms with van der Waals surface area (Å²) in [6, 6.07) is 9.67. The molecule has 1 amide bonds. The van der Waals surface area contributed by atoms with E-state index < -0.39 is 47.4 Å². The minimum Gasteiger partial charge on any atom is -0.486 e. The van der Waals surface area contributed by atoms with Gasteiger partial charge >= 0.3 is 12.1 Å². The van der Waals surface area contributed by atoms with Crippen molar-refractivity contribution in [3.8, 4) is 5.75 Å². The van der Waals surface area contributed by atoms with Crippen molar-refractivity contribution < 1.29 is 37.7 Å². The lowest BCUT2D eigenvalue weighted by atomic mass is 10.0. The van der Waals surface area contributed by atoms with Crippen molar-refractivity contribution in [2.24, 2.45) is 0 Å². The van der Waals surface area contributed by atoms with E-state index in [-0.39, 0.29) is 11.3 Å². The lowest BCUT2D eigenvalue weighted by Crippen LogP contribution is -2.36. The topological polar surface area (TPSA) is 95.9 Å². The first-order valence-corrected chi connectivity index (χ1v) is 11.2. The number of benzene rings is 2. The van der Waals surface area contributed by atoms with E-state index in [4.69, 9.17) is 21.4 Å². The summed E-state index contributed by atoms with van der Waals surface area (Å²) in [6.07, 6.45) is -2.54. The Morgan fingerprint density at radius 3 is 2.35 bits per heavy atom. The van der Waals surface area contributed by atoms with Crippen molar-refractivity contribution >= 4 is 23.5 Å². The Kier molecular flexibility index (Phi) is 10.2. The zero-order chi connectivity index (χ0) is 25.3. The Labute approximate surface area is 200 Å². The molecule has 186 valence electrons. The molecule has 3 N–H and O–H groups in total. The van der Waals surface area contributed by atoms with Gasteiger partial charge in [-0.05, 0) is 48.7 Å². The number of carbonyl (C=O) groups is 2. The Morgan fingerprint density at radius 1 is 1.09 bits per heavy atom. The fraction of sp³-hybridized carbons (Fsp3) is 0.417. The van der Waals surface area contributed by atoms with E-state index in [1.54, 1.807) is 12.1 Å². The summed E-state index contributed by atoms with van der Waals surface area (Å²) in [7, 11) is 0. The Morgan fingerprint density at radius 2 is 1.76 bits per heavy atom. The average molecular weight is 502 g/mol. The Balaban J connectivity index is 2.19. The highest BCUT2D eigenvalue weighted by atomic mass is 35.5. The van der Waals surface area contributed by atoms with Crippen LogP contribution in [0.15, 0.2) is 42.5 Å². The first-order valence-electron chi connectivity index (χ1n) is 10.8. The standard InChI is InChI=1S/C24H27ClF3NO5/c1-2-3-4-5-6-21(34-17-11-12-19(25)18(13-17)24(26,27)28)15-7-9-16(10-8-15)22(31)29-14-20(30)23(32)33/h7-13,20-21,30H,2-6,14H2,1H3,(H,29,31)(H,32,33). The highest BCUT2D eigenvalue weighted by molar-refractivity contribution is 6.31. The SMILES string of the molecule is CCCCCCC(Oc1ccc(Cl)c(C(F)(F)F)c1)c1ccc(C(=O)NCC(O)C(=O)O)cc1. The van der Waals surface area contributed by atoms with Gasteiger partial charge in [-0.3, -0.25) is 4.79 Å². The third-order valence-electron chi connectivity index (χ3n) is 5.13. The summed E-state index contributed by atoms with van der Waals surface area (Å²) in [5.41, 5.74) is -0.0778. The van der Waals surface area contributed by atoms with Crippen molar-refractivity contribution in [3.05, 3.63) is 64.2 Å². The van der Waals surface area contributed by atoms with E-state index in [0.717, 1.165) is 37.8 Å². The quantitative estimate of drug-likeness (QED) is 0.328. The van der Waals surface area contributed by atoms with Gasteiger partial charge in [0, 0.05) is 5.56 Å². The van der Waals surface area contributed by atoms with E-state index >= 15 is 0 Å². The maximum atomic E-state index is 13.2. The average Bonchev–Trinajstić information content (AvgIpc) is 2.79. The molecular formula is C24H27ClF3NO5. The summed E-state index contributed by atoms with van der Waals surface area (Å²) >= 11 is 5.70. The van der Waals surface area contributed by atoms with Gasteiger partial charge in [-0.2, -0.15) is 13.2 Å². The largest absolute Gasteiger partial charge is 0.486 e. The number of rotatable bonds is 12. The summed E-state index contributed by atoms with van der Waals surface area (Å²) in [5.74, 6) is -1.99. The van der Waals surface area contributed by atoms with Gasteiger partial charge in [0.2, 0.25) is 0 Å². The lowest BCUT2D eigenvalue weighted by Gasteiger charge is -2.21. The van der Waals surface area contributed by atoms with Crippen LogP contribution in [0.25, 0.3) is 0 Å². The maximum Gasteiger partial charge on any atom is 0.417 e. The second-order valence-electron chi connectivity index (χ2n) is 7.78. The van der Waals surface area contributed by atoms with E-state index in [1.807, 2.05) is 0 Å². The van der Waals surface area contributed by atoms with Crippen molar-refractivity contribution in [3.63, 3.8) is 0 Å². The minimum absolute atomic E-state index is 0.0293. The number of alkyl halides is 3. The smallest absolute Gasteiger partial charge is 0.417 e. The van der Waals surface area contributed by atoms with Crippen LogP contribution in [0.1, 0.15) is 66.6 Å². The number of aliphatic carboxylic acids is 1. The molecule has 0 radical (unpaired) electrons. The van der Waals surface area contributed by atoms with Crippen LogP contribution >= 0.6 is 11.6 Å². The number of carboxylic acids is 1. The number of halogens is 4. The lowest BCUT2D eigenvalue weighted by molar-refractivity contribution is -0.146. The molecule has 2 rings (SSSR count). The van der Waals surface area contributed by atoms with E-state index in [0.29, 0.717) is 12.0 Å². The molecule has 0 saturated heterocycles. The molecule has 6 nitrogen and oxygen atoms in total.